The third-order valence-electron chi connectivity index (χ3n) is 13.8. The molecule has 0 spiro atoms. The summed E-state index contributed by atoms with van der Waals surface area (Å²) in [6.07, 6.45) is -16.7. The fourth-order valence-electron chi connectivity index (χ4n) is 10.3. The van der Waals surface area contributed by atoms with Crippen molar-refractivity contribution in [1.29, 1.82) is 0 Å². The fourth-order valence-corrected chi connectivity index (χ4v) is 10.3. The summed E-state index contributed by atoms with van der Waals surface area (Å²) in [7, 11) is 0. The van der Waals surface area contributed by atoms with Crippen LogP contribution >= 0.6 is 0 Å². The molecule has 0 bridgehead atoms. The molecule has 6 heteroatoms. The number of rotatable bonds is 9. The maximum absolute atomic E-state index is 10.5. The van der Waals surface area contributed by atoms with E-state index >= 15 is 0 Å². The van der Waals surface area contributed by atoms with Gasteiger partial charge in [-0.2, -0.15) is 18.2 Å². The molecule has 0 N–H and O–H groups in total. The van der Waals surface area contributed by atoms with Gasteiger partial charge in [0, 0.05) is 90.9 Å². The number of ether oxygens (including phenoxy) is 1. The average molecular weight is 1280 g/mol. The predicted octanol–water partition coefficient (Wildman–Crippen LogP) is 18.9. The van der Waals surface area contributed by atoms with Gasteiger partial charge in [-0.25, -0.2) is 4.98 Å². The quantitative estimate of drug-likeness (QED) is 0.107. The van der Waals surface area contributed by atoms with Crippen molar-refractivity contribution in [2.24, 2.45) is 5.41 Å². The third kappa shape index (κ3) is 9.78. The zero-order valence-corrected chi connectivity index (χ0v) is 45.6. The number of pyridine rings is 1. The minimum absolute atomic E-state index is 0. The maximum atomic E-state index is 10.5. The number of fused-ring (bicyclic) bond motifs is 6. The van der Waals surface area contributed by atoms with E-state index < -0.39 is 200 Å². The summed E-state index contributed by atoms with van der Waals surface area (Å²) < 4.78 is 384. The molecule has 13 rings (SSSR count). The van der Waals surface area contributed by atoms with Crippen molar-refractivity contribution in [2.45, 2.75) is 129 Å². The van der Waals surface area contributed by atoms with Crippen LogP contribution < -0.4 is 9.30 Å². The van der Waals surface area contributed by atoms with Gasteiger partial charge in [0.15, 0.2) is 0 Å². The van der Waals surface area contributed by atoms with Crippen molar-refractivity contribution in [1.82, 2.24) is 14.1 Å². The summed E-state index contributed by atoms with van der Waals surface area (Å²) in [4.78, 5) is 4.68. The first kappa shape index (κ1) is 25.0. The Kier molecular flexibility index (Phi) is 6.18. The van der Waals surface area contributed by atoms with Gasteiger partial charge in [0.25, 0.3) is 6.33 Å². The van der Waals surface area contributed by atoms with E-state index in [9.17, 15) is 19.2 Å². The molecular formula is C75H72N4OPt-2. The molecule has 410 valence electrons. The second kappa shape index (κ2) is 20.0. The summed E-state index contributed by atoms with van der Waals surface area (Å²) >= 11 is 0. The Morgan fingerprint density at radius 3 is 1.88 bits per heavy atom. The molecule has 0 aliphatic heterocycles. The van der Waals surface area contributed by atoms with Gasteiger partial charge in [0.05, 0.1) is 24.9 Å². The minimum atomic E-state index is -4.88. The maximum Gasteiger partial charge on any atom is 0.268 e. The van der Waals surface area contributed by atoms with Gasteiger partial charge in [0.2, 0.25) is 0 Å². The number of hydrogen-bond acceptors (Lipinski definition) is 2. The standard InChI is InChI=1S/C75H72N4O.Pt/c1-71(2,3)47-49-35-40-76-69(41-49)79-65-26-16-15-23-59(65)60-31-30-56(46-67(60)79)80-55-22-17-21-54(45-55)77-48-78(66-34-29-51(44-68(66)77)50-19-13-12-14-20-50)70-57(52-27-32-61-63(42-52)74(8,9)38-36-72(61,4)5)24-18-25-58(70)53-28-33-62-64(43-53)75(10,11)39-37-73(62,6)7;/h12-35,40-44H,36-39,47H2,1-11H3;/q-2;/i4D3,5D3,6D3,7D3,8D3,9D3,10D3,11D3,27D,28D,32D,33D,36D2,37D2,38D2,39D2,42D,43D,47D2;. The normalized spacial score (nSPS) is 27.1. The molecule has 0 radical (unpaired) electrons. The van der Waals surface area contributed by atoms with Crippen LogP contribution in [0.1, 0.15) is 184 Å². The minimum Gasteiger partial charge on any atom is -0.510 e. The van der Waals surface area contributed by atoms with Gasteiger partial charge in [-0.1, -0.05) is 196 Å². The summed E-state index contributed by atoms with van der Waals surface area (Å²) in [5.41, 5.74) is -30.9. The molecule has 0 unspecified atom stereocenters. The van der Waals surface area contributed by atoms with E-state index in [4.69, 9.17) is 40.4 Å². The van der Waals surface area contributed by atoms with E-state index in [1.54, 1.807) is 86.0 Å². The van der Waals surface area contributed by atoms with E-state index in [0.717, 1.165) is 28.2 Å². The first-order valence-electron chi connectivity index (χ1n) is 45.2. The van der Waals surface area contributed by atoms with Gasteiger partial charge in [-0.15, -0.1) is 29.7 Å². The smallest absolute Gasteiger partial charge is 0.268 e. The van der Waals surface area contributed by atoms with Crippen LogP contribution in [0.15, 0.2) is 176 Å². The Balaban J connectivity index is 0.0000134. The third-order valence-corrected chi connectivity index (χ3v) is 13.8. The second-order valence-corrected chi connectivity index (χ2v) is 20.8. The summed E-state index contributed by atoms with van der Waals surface area (Å²) in [5.74, 6) is 0.283. The number of para-hydroxylation sites is 2. The SMILES string of the molecule is [2H]c1c([2H])c2c(c([2H])c1-c1cccc(-c3c([2H])c([2H])c4c(c3[2H])C(C([2H])([2H])[2H])(C([2H])([2H])[2H])C([2H])([2H])C([2H])([2H])C4(C([2H])([2H])[2H])C([2H])([2H])[2H])c1-[n+]1[c-]n(-c3[c-]c(Oc4[c-]c5c(cc4)c4ccccc4n5-c4cc(C([2H])([2H])C(C)(C)C)ccn4)ccc3)c3cc(-c4ccccc4)ccc31)C(C([2H])([2H])[2H])(C([2H])([2H])[2H])C([2H])([2H])C([2H])([2H])C2(C([2H])([2H])[2H])C([2H])([2H])[2H].[Pt]. The molecule has 5 nitrogen and oxygen atoms in total. The van der Waals surface area contributed by atoms with Crippen LogP contribution in [0.25, 0.3) is 83.4 Å². The molecule has 0 saturated heterocycles. The average Bonchev–Trinajstić information content (AvgIpc) is 0.930. The molecule has 2 aliphatic carbocycles. The summed E-state index contributed by atoms with van der Waals surface area (Å²) in [5, 5.41) is 1.41. The molecule has 0 saturated carbocycles. The molecule has 11 aromatic rings. The van der Waals surface area contributed by atoms with Crippen molar-refractivity contribution in [3.63, 3.8) is 0 Å². The van der Waals surface area contributed by atoms with Gasteiger partial charge in [0.1, 0.15) is 5.82 Å². The zero-order valence-electron chi connectivity index (χ0n) is 83.3. The fraction of sp³-hybridized carbons (Fsp3) is 0.280. The van der Waals surface area contributed by atoms with Crippen molar-refractivity contribution in [3.05, 3.63) is 222 Å². The molecule has 0 atom stereocenters. The van der Waals surface area contributed by atoms with Crippen LogP contribution in [0.5, 0.6) is 11.5 Å². The Morgan fingerprint density at radius 1 is 0.605 bits per heavy atom. The van der Waals surface area contributed by atoms with Crippen molar-refractivity contribution >= 4 is 32.8 Å². The molecule has 0 amide bonds. The number of aromatic nitrogens is 4. The first-order chi connectivity index (χ1) is 54.6. The van der Waals surface area contributed by atoms with Gasteiger partial charge in [-0.3, -0.25) is 4.57 Å². The van der Waals surface area contributed by atoms with Crippen LogP contribution in [-0.4, -0.2) is 14.1 Å². The molecule has 81 heavy (non-hydrogen) atoms. The molecule has 0 fully saturated rings. The molecule has 2 aliphatic rings. The molecule has 8 aromatic carbocycles. The van der Waals surface area contributed by atoms with Crippen molar-refractivity contribution in [3.8, 4) is 62.1 Å². The van der Waals surface area contributed by atoms with Gasteiger partial charge < -0.3 is 13.9 Å². The molecule has 3 heterocycles. The summed E-state index contributed by atoms with van der Waals surface area (Å²) in [6.45, 7) is -31.3. The van der Waals surface area contributed by atoms with E-state index in [0.29, 0.717) is 38.9 Å². The van der Waals surface area contributed by atoms with Crippen LogP contribution in [0.4, 0.5) is 0 Å². The Morgan fingerprint density at radius 2 is 1.22 bits per heavy atom. The van der Waals surface area contributed by atoms with Crippen molar-refractivity contribution < 1.29 is 85.2 Å². The number of benzene rings is 8. The van der Waals surface area contributed by atoms with Crippen LogP contribution in [0.3, 0.4) is 0 Å². The van der Waals surface area contributed by atoms with Crippen LogP contribution in [-0.2, 0) is 49.1 Å². The summed E-state index contributed by atoms with van der Waals surface area (Å²) in [6, 6.07) is 29.7. The van der Waals surface area contributed by atoms with E-state index in [-0.39, 0.29) is 49.3 Å². The number of hydrogen-bond donors (Lipinski definition) is 0. The Hall–Kier alpha value is -7.33. The van der Waals surface area contributed by atoms with Crippen molar-refractivity contribution in [2.75, 3.05) is 0 Å². The largest absolute Gasteiger partial charge is 0.510 e. The van der Waals surface area contributed by atoms with Gasteiger partial charge >= 0.3 is 0 Å². The monoisotopic (exact) mass is 1280 g/mol. The van der Waals surface area contributed by atoms with Crippen LogP contribution in [0, 0.1) is 23.9 Å². The van der Waals surface area contributed by atoms with E-state index in [1.165, 1.54) is 47.2 Å². The second-order valence-electron chi connectivity index (χ2n) is 20.8. The zero-order chi connectivity index (χ0) is 89.7. The Bertz CT molecular complexity index is 5790. The predicted molar refractivity (Wildman–Crippen MR) is 330 cm³/mol. The number of imidazole rings is 1. The van der Waals surface area contributed by atoms with E-state index in [1.807, 2.05) is 18.2 Å². The van der Waals surface area contributed by atoms with E-state index in [2.05, 4.69) is 23.4 Å². The topological polar surface area (TPSA) is 35.9 Å². The number of nitrogens with zero attached hydrogens (tertiary/aromatic N) is 4. The molecular weight excluding hydrogens is 1170 g/mol. The Labute approximate surface area is 550 Å². The molecule has 3 aromatic heterocycles. The first-order valence-corrected chi connectivity index (χ1v) is 25.2. The van der Waals surface area contributed by atoms with Gasteiger partial charge in [-0.05, 0) is 155 Å². The van der Waals surface area contributed by atoms with Crippen LogP contribution in [0.2, 0.25) is 0 Å².